The van der Waals surface area contributed by atoms with Crippen LogP contribution in [0.3, 0.4) is 0 Å². The second kappa shape index (κ2) is 3.77. The van der Waals surface area contributed by atoms with Crippen LogP contribution in [0.2, 0.25) is 0 Å². The fourth-order valence-electron chi connectivity index (χ4n) is 1.79. The lowest BCUT2D eigenvalue weighted by Gasteiger charge is -2.26. The predicted molar refractivity (Wildman–Crippen MR) is 47.4 cm³/mol. The van der Waals surface area contributed by atoms with Crippen LogP contribution in [0.1, 0.15) is 32.6 Å². The van der Waals surface area contributed by atoms with Crippen molar-refractivity contribution in [2.45, 2.75) is 38.1 Å². The van der Waals surface area contributed by atoms with E-state index in [0.717, 1.165) is 25.7 Å². The summed E-state index contributed by atoms with van der Waals surface area (Å²) in [5.74, 6) is 0.0235. The number of methoxy groups -OCH3 is 1. The Morgan fingerprint density at radius 2 is 1.85 bits per heavy atom. The van der Waals surface area contributed by atoms with Gasteiger partial charge in [-0.15, -0.1) is 0 Å². The van der Waals surface area contributed by atoms with Crippen molar-refractivity contribution in [3.8, 4) is 0 Å². The van der Waals surface area contributed by atoms with E-state index in [1.165, 1.54) is 14.0 Å². The average molecular weight is 185 g/mol. The summed E-state index contributed by atoms with van der Waals surface area (Å²) in [4.78, 5) is 22.3. The maximum absolute atomic E-state index is 11.3. The molecule has 0 saturated heterocycles. The standard InChI is InChI=1S/C9H15NO3/c1-7(11)9(5-3-4-6-9)10-8(12)13-2/h3-6H2,1-2H3,(H,10,12). The summed E-state index contributed by atoms with van der Waals surface area (Å²) in [5, 5.41) is 2.63. The van der Waals surface area contributed by atoms with Crippen molar-refractivity contribution >= 4 is 11.9 Å². The van der Waals surface area contributed by atoms with E-state index in [-0.39, 0.29) is 5.78 Å². The molecule has 13 heavy (non-hydrogen) atoms. The zero-order valence-electron chi connectivity index (χ0n) is 8.05. The van der Waals surface area contributed by atoms with Crippen LogP contribution in [0, 0.1) is 0 Å². The van der Waals surface area contributed by atoms with Crippen LogP contribution in [0.5, 0.6) is 0 Å². The number of carbonyl (C=O) groups is 2. The monoisotopic (exact) mass is 185 g/mol. The first-order chi connectivity index (χ1) is 6.10. The van der Waals surface area contributed by atoms with Gasteiger partial charge in [0.2, 0.25) is 0 Å². The maximum atomic E-state index is 11.3. The van der Waals surface area contributed by atoms with Crippen molar-refractivity contribution in [1.29, 1.82) is 0 Å². The molecule has 4 heteroatoms. The van der Waals surface area contributed by atoms with Gasteiger partial charge in [0.05, 0.1) is 7.11 Å². The van der Waals surface area contributed by atoms with Crippen molar-refractivity contribution in [2.75, 3.05) is 7.11 Å². The van der Waals surface area contributed by atoms with Crippen LogP contribution in [0.4, 0.5) is 4.79 Å². The Hall–Kier alpha value is -1.06. The molecule has 0 aromatic carbocycles. The lowest BCUT2D eigenvalue weighted by Crippen LogP contribution is -2.51. The minimum atomic E-state index is -0.646. The molecule has 1 saturated carbocycles. The first-order valence-corrected chi connectivity index (χ1v) is 4.48. The van der Waals surface area contributed by atoms with E-state index in [9.17, 15) is 9.59 Å². The van der Waals surface area contributed by atoms with Crippen molar-refractivity contribution in [3.63, 3.8) is 0 Å². The molecule has 4 nitrogen and oxygen atoms in total. The number of hydrogen-bond donors (Lipinski definition) is 1. The Bertz CT molecular complexity index is 219. The summed E-state index contributed by atoms with van der Waals surface area (Å²) >= 11 is 0. The molecule has 1 aliphatic carbocycles. The van der Waals surface area contributed by atoms with Crippen LogP contribution in [0.25, 0.3) is 0 Å². The molecule has 1 N–H and O–H groups in total. The quantitative estimate of drug-likeness (QED) is 0.704. The molecule has 0 unspecified atom stereocenters. The van der Waals surface area contributed by atoms with Gasteiger partial charge in [-0.1, -0.05) is 12.8 Å². The van der Waals surface area contributed by atoms with E-state index in [0.29, 0.717) is 0 Å². The number of amides is 1. The van der Waals surface area contributed by atoms with Crippen molar-refractivity contribution in [1.82, 2.24) is 5.32 Å². The topological polar surface area (TPSA) is 55.4 Å². The number of ketones is 1. The van der Waals surface area contributed by atoms with Crippen molar-refractivity contribution < 1.29 is 14.3 Å². The van der Waals surface area contributed by atoms with Gasteiger partial charge in [0.25, 0.3) is 0 Å². The third kappa shape index (κ3) is 1.99. The van der Waals surface area contributed by atoms with E-state index in [1.54, 1.807) is 0 Å². The Kier molecular flexibility index (Phi) is 2.90. The summed E-state index contributed by atoms with van der Waals surface area (Å²) in [6.07, 6.45) is 2.93. The number of rotatable bonds is 2. The third-order valence-electron chi connectivity index (χ3n) is 2.66. The number of ether oxygens (including phenoxy) is 1. The van der Waals surface area contributed by atoms with Gasteiger partial charge < -0.3 is 10.1 Å². The predicted octanol–water partition coefficient (Wildman–Crippen LogP) is 1.24. The molecule has 0 atom stereocenters. The highest BCUT2D eigenvalue weighted by Crippen LogP contribution is 2.30. The zero-order valence-corrected chi connectivity index (χ0v) is 8.05. The third-order valence-corrected chi connectivity index (χ3v) is 2.66. The number of nitrogens with one attached hydrogen (secondary N) is 1. The second-order valence-electron chi connectivity index (χ2n) is 3.46. The van der Waals surface area contributed by atoms with E-state index in [1.807, 2.05) is 0 Å². The minimum absolute atomic E-state index is 0.0235. The summed E-state index contributed by atoms with van der Waals surface area (Å²) in [6.45, 7) is 1.52. The molecule has 0 spiro atoms. The van der Waals surface area contributed by atoms with E-state index >= 15 is 0 Å². The molecular formula is C9H15NO3. The molecule has 1 rings (SSSR count). The minimum Gasteiger partial charge on any atom is -0.453 e. The van der Waals surface area contributed by atoms with E-state index in [4.69, 9.17) is 0 Å². The Morgan fingerprint density at radius 1 is 1.31 bits per heavy atom. The second-order valence-corrected chi connectivity index (χ2v) is 3.46. The lowest BCUT2D eigenvalue weighted by molar-refractivity contribution is -0.122. The SMILES string of the molecule is COC(=O)NC1(C(C)=O)CCCC1. The first-order valence-electron chi connectivity index (χ1n) is 4.48. The van der Waals surface area contributed by atoms with Crippen LogP contribution >= 0.6 is 0 Å². The van der Waals surface area contributed by atoms with Gasteiger partial charge in [-0.05, 0) is 19.8 Å². The van der Waals surface area contributed by atoms with Crippen LogP contribution in [0.15, 0.2) is 0 Å². The summed E-state index contributed by atoms with van der Waals surface area (Å²) < 4.78 is 4.49. The molecule has 0 aromatic rings. The van der Waals surface area contributed by atoms with Crippen LogP contribution in [-0.2, 0) is 9.53 Å². The smallest absolute Gasteiger partial charge is 0.407 e. The molecule has 0 heterocycles. The highest BCUT2D eigenvalue weighted by Gasteiger charge is 2.39. The summed E-state index contributed by atoms with van der Waals surface area (Å²) in [7, 11) is 1.30. The highest BCUT2D eigenvalue weighted by molar-refractivity contribution is 5.90. The van der Waals surface area contributed by atoms with Crippen LogP contribution in [-0.4, -0.2) is 24.5 Å². The summed E-state index contributed by atoms with van der Waals surface area (Å²) in [6, 6.07) is 0. The Labute approximate surface area is 77.6 Å². The molecule has 1 aliphatic rings. The van der Waals surface area contributed by atoms with Gasteiger partial charge in [0, 0.05) is 0 Å². The van der Waals surface area contributed by atoms with Crippen molar-refractivity contribution in [2.24, 2.45) is 0 Å². The maximum Gasteiger partial charge on any atom is 0.407 e. The van der Waals surface area contributed by atoms with Gasteiger partial charge in [-0.25, -0.2) is 4.79 Å². The number of hydrogen-bond acceptors (Lipinski definition) is 3. The molecule has 1 fully saturated rings. The molecular weight excluding hydrogens is 170 g/mol. The fraction of sp³-hybridized carbons (Fsp3) is 0.778. The number of carbonyl (C=O) groups excluding carboxylic acids is 2. The van der Waals surface area contributed by atoms with Gasteiger partial charge in [0.15, 0.2) is 5.78 Å². The molecule has 0 aliphatic heterocycles. The molecule has 0 radical (unpaired) electrons. The van der Waals surface area contributed by atoms with Gasteiger partial charge in [-0.2, -0.15) is 0 Å². The zero-order chi connectivity index (χ0) is 9.90. The molecule has 0 aromatic heterocycles. The summed E-state index contributed by atoms with van der Waals surface area (Å²) in [5.41, 5.74) is -0.646. The van der Waals surface area contributed by atoms with Gasteiger partial charge in [-0.3, -0.25) is 4.79 Å². The van der Waals surface area contributed by atoms with Crippen molar-refractivity contribution in [3.05, 3.63) is 0 Å². The first kappa shape index (κ1) is 10.0. The number of alkyl carbamates (subject to hydrolysis) is 1. The molecule has 0 bridgehead atoms. The van der Waals surface area contributed by atoms with Crippen LogP contribution < -0.4 is 5.32 Å². The Balaban J connectivity index is 2.68. The van der Waals surface area contributed by atoms with Gasteiger partial charge >= 0.3 is 6.09 Å². The normalized spacial score (nSPS) is 19.5. The average Bonchev–Trinajstić information content (AvgIpc) is 2.54. The number of Topliss-reactive ketones (excluding diaryl/α,β-unsaturated/α-hetero) is 1. The molecule has 1 amide bonds. The van der Waals surface area contributed by atoms with E-state index in [2.05, 4.69) is 10.1 Å². The fourth-order valence-corrected chi connectivity index (χ4v) is 1.79. The van der Waals surface area contributed by atoms with E-state index < -0.39 is 11.6 Å². The Morgan fingerprint density at radius 3 is 2.23 bits per heavy atom. The molecule has 74 valence electrons. The van der Waals surface area contributed by atoms with Gasteiger partial charge in [0.1, 0.15) is 5.54 Å². The lowest BCUT2D eigenvalue weighted by atomic mass is 9.93. The highest BCUT2D eigenvalue weighted by atomic mass is 16.5. The largest absolute Gasteiger partial charge is 0.453 e.